The Kier molecular flexibility index (Phi) is 10.8. The van der Waals surface area contributed by atoms with Crippen LogP contribution in [-0.2, 0) is 32.0 Å². The second-order valence-corrected chi connectivity index (χ2v) is 9.41. The second-order valence-electron chi connectivity index (χ2n) is 8.02. The highest BCUT2D eigenvalue weighted by molar-refractivity contribution is 7.80. The van der Waals surface area contributed by atoms with E-state index in [1.807, 2.05) is 0 Å². The van der Waals surface area contributed by atoms with Gasteiger partial charge in [-0.15, -0.1) is 0 Å². The number of thiocarbonyl (C=S) groups is 1. The molecule has 36 heavy (non-hydrogen) atoms. The molecular weight excluding hydrogens is 529 g/mol. The van der Waals surface area contributed by atoms with E-state index in [4.69, 9.17) is 51.4 Å². The van der Waals surface area contributed by atoms with Gasteiger partial charge in [0, 0.05) is 33.9 Å². The van der Waals surface area contributed by atoms with Crippen molar-refractivity contribution in [2.24, 2.45) is 5.73 Å². The summed E-state index contributed by atoms with van der Waals surface area (Å²) < 4.78 is 0. The van der Waals surface area contributed by atoms with Gasteiger partial charge in [-0.2, -0.15) is 0 Å². The molecule has 0 spiro atoms. The van der Waals surface area contributed by atoms with Crippen LogP contribution in [0.1, 0.15) is 24.5 Å². The number of carboxylic acids is 2. The van der Waals surface area contributed by atoms with Crippen LogP contribution < -0.4 is 11.1 Å². The summed E-state index contributed by atoms with van der Waals surface area (Å²) >= 11 is 17.0. The number of halogens is 2. The van der Waals surface area contributed by atoms with Crippen molar-refractivity contribution in [2.75, 3.05) is 11.9 Å². The maximum atomic E-state index is 12.2. The number of benzene rings is 2. The van der Waals surface area contributed by atoms with E-state index in [0.717, 1.165) is 5.56 Å². The zero-order chi connectivity index (χ0) is 27.0. The van der Waals surface area contributed by atoms with Gasteiger partial charge in [-0.05, 0) is 41.8 Å². The molecule has 0 radical (unpaired) electrons. The maximum absolute atomic E-state index is 12.2. The molecule has 1 fully saturated rings. The zero-order valence-corrected chi connectivity index (χ0v) is 21.6. The molecule has 1 aliphatic rings. The van der Waals surface area contributed by atoms with Crippen molar-refractivity contribution in [1.82, 2.24) is 4.90 Å². The first-order chi connectivity index (χ1) is 16.9. The van der Waals surface area contributed by atoms with Crippen molar-refractivity contribution in [3.63, 3.8) is 0 Å². The number of hydrogen-bond acceptors (Lipinski definition) is 6. The number of nitrogens with two attached hydrogens (primary N) is 1. The molecule has 1 unspecified atom stereocenters. The third kappa shape index (κ3) is 8.56. The number of rotatable bonds is 7. The lowest BCUT2D eigenvalue weighted by molar-refractivity contribution is -0.147. The van der Waals surface area contributed by atoms with Crippen LogP contribution in [0.5, 0.6) is 0 Å². The fourth-order valence-corrected chi connectivity index (χ4v) is 4.25. The molecule has 0 saturated carbocycles. The Morgan fingerprint density at radius 2 is 1.75 bits per heavy atom. The Hall–Kier alpha value is -3.05. The molecule has 12 heteroatoms. The molecule has 0 bridgehead atoms. The van der Waals surface area contributed by atoms with Gasteiger partial charge in [-0.25, -0.2) is 4.79 Å². The molecule has 0 aromatic heterocycles. The average molecular weight is 554 g/mol. The van der Waals surface area contributed by atoms with Crippen LogP contribution in [0, 0.1) is 0 Å². The van der Waals surface area contributed by atoms with Gasteiger partial charge in [0.2, 0.25) is 11.8 Å². The van der Waals surface area contributed by atoms with Gasteiger partial charge in [0.1, 0.15) is 12.1 Å². The Bertz CT molecular complexity index is 1130. The summed E-state index contributed by atoms with van der Waals surface area (Å²) in [5, 5.41) is 21.2. The van der Waals surface area contributed by atoms with Gasteiger partial charge in [-0.3, -0.25) is 14.4 Å². The van der Waals surface area contributed by atoms with E-state index in [-0.39, 0.29) is 24.7 Å². The predicted octanol–water partition coefficient (Wildman–Crippen LogP) is 3.19. The van der Waals surface area contributed by atoms with Crippen LogP contribution in [-0.4, -0.2) is 62.4 Å². The first-order valence-corrected chi connectivity index (χ1v) is 11.9. The number of carbonyl (C=O) groups excluding carboxylic acids is 2. The summed E-state index contributed by atoms with van der Waals surface area (Å²) in [6, 6.07) is 10.2. The van der Waals surface area contributed by atoms with E-state index in [1.165, 1.54) is 11.8 Å². The number of hydrogen-bond donors (Lipinski definition) is 4. The minimum atomic E-state index is -1.07. The van der Waals surface area contributed by atoms with E-state index >= 15 is 0 Å². The molecule has 3 rings (SSSR count). The summed E-state index contributed by atoms with van der Waals surface area (Å²) in [7, 11) is 0. The van der Waals surface area contributed by atoms with E-state index < -0.39 is 24.0 Å². The molecule has 2 amide bonds. The van der Waals surface area contributed by atoms with Gasteiger partial charge in [0.25, 0.3) is 0 Å². The molecule has 0 aliphatic carbocycles. The molecule has 5 N–H and O–H groups in total. The highest BCUT2D eigenvalue weighted by Crippen LogP contribution is 2.25. The van der Waals surface area contributed by atoms with Crippen molar-refractivity contribution < 1.29 is 29.4 Å². The van der Waals surface area contributed by atoms with Crippen LogP contribution >= 0.6 is 35.4 Å². The van der Waals surface area contributed by atoms with Gasteiger partial charge in [-0.1, -0.05) is 53.6 Å². The fourth-order valence-electron chi connectivity index (χ4n) is 3.43. The van der Waals surface area contributed by atoms with Crippen LogP contribution in [0.3, 0.4) is 0 Å². The smallest absolute Gasteiger partial charge is 0.326 e. The van der Waals surface area contributed by atoms with Crippen molar-refractivity contribution in [3.05, 3.63) is 63.6 Å². The third-order valence-electron chi connectivity index (χ3n) is 5.22. The van der Waals surface area contributed by atoms with Gasteiger partial charge in [0.05, 0.1) is 13.0 Å². The number of likely N-dealkylation sites (tertiary alicyclic amines) is 1. The van der Waals surface area contributed by atoms with E-state index in [0.29, 0.717) is 39.1 Å². The number of carboxylic acid groups (broad SMARTS) is 2. The topological polar surface area (TPSA) is 150 Å². The van der Waals surface area contributed by atoms with Crippen molar-refractivity contribution >= 4 is 69.7 Å². The molecule has 1 heterocycles. The van der Waals surface area contributed by atoms with Crippen molar-refractivity contribution in [2.45, 2.75) is 38.3 Å². The lowest BCUT2D eigenvalue weighted by Gasteiger charge is -2.18. The molecule has 2 aromatic rings. The number of anilines is 1. The van der Waals surface area contributed by atoms with Gasteiger partial charge < -0.3 is 26.2 Å². The molecule has 192 valence electrons. The van der Waals surface area contributed by atoms with E-state index in [2.05, 4.69) is 5.32 Å². The van der Waals surface area contributed by atoms with E-state index in [1.54, 1.807) is 42.5 Å². The molecule has 1 saturated heterocycles. The summed E-state index contributed by atoms with van der Waals surface area (Å²) in [6.07, 6.45) is 0.525. The monoisotopic (exact) mass is 553 g/mol. The summed E-state index contributed by atoms with van der Waals surface area (Å²) in [6.45, 7) is 1.66. The Labute approximate surface area is 223 Å². The second kappa shape index (κ2) is 13.3. The summed E-state index contributed by atoms with van der Waals surface area (Å²) in [4.78, 5) is 46.4. The van der Waals surface area contributed by atoms with Crippen LogP contribution in [0.4, 0.5) is 5.69 Å². The number of aliphatic carboxylic acids is 2. The highest BCUT2D eigenvalue weighted by Gasteiger charge is 2.34. The van der Waals surface area contributed by atoms with Crippen LogP contribution in [0.25, 0.3) is 0 Å². The largest absolute Gasteiger partial charge is 0.480 e. The summed E-state index contributed by atoms with van der Waals surface area (Å²) in [5.41, 5.74) is 7.35. The molecule has 2 atom stereocenters. The summed E-state index contributed by atoms with van der Waals surface area (Å²) in [5.74, 6) is -2.56. The highest BCUT2D eigenvalue weighted by atomic mass is 35.5. The van der Waals surface area contributed by atoms with Crippen molar-refractivity contribution in [1.29, 1.82) is 0 Å². The average Bonchev–Trinajstić information content (AvgIpc) is 3.19. The number of nitrogens with one attached hydrogen (secondary N) is 1. The lowest BCUT2D eigenvalue weighted by atomic mass is 10.1. The first-order valence-electron chi connectivity index (χ1n) is 10.7. The van der Waals surface area contributed by atoms with Crippen LogP contribution in [0.15, 0.2) is 42.5 Å². The minimum Gasteiger partial charge on any atom is -0.480 e. The lowest BCUT2D eigenvalue weighted by Crippen LogP contribution is -2.39. The third-order valence-corrected chi connectivity index (χ3v) is 6.22. The van der Waals surface area contributed by atoms with Gasteiger partial charge in [0.15, 0.2) is 0 Å². The Balaban J connectivity index is 0.000000319. The Morgan fingerprint density at radius 3 is 2.28 bits per heavy atom. The van der Waals surface area contributed by atoms with Crippen molar-refractivity contribution in [3.8, 4) is 0 Å². The molecular formula is C24H25Cl2N3O6S. The fraction of sp³-hybridized carbons (Fsp3) is 0.292. The van der Waals surface area contributed by atoms with Gasteiger partial charge >= 0.3 is 11.9 Å². The zero-order valence-electron chi connectivity index (χ0n) is 19.2. The maximum Gasteiger partial charge on any atom is 0.326 e. The number of carbonyl (C=O) groups is 4. The first kappa shape index (κ1) is 29.2. The normalized spacial score (nSPS) is 15.5. The quantitative estimate of drug-likeness (QED) is 0.381. The minimum absolute atomic E-state index is 0.0391. The standard InChI is InChI=1S/C17H16Cl2N2O3.C7H9NO3S/c18-13-5-2-6-14(19)12(13)9-16(22)21-11-4-1-3-10(7-11)8-15(20)17(23)24;1-4(9)8-3-5(12)2-6(8)7(10)11/h1-7,15H,8-9,20H2,(H,21,22)(H,23,24);6H,2-3H2,1H3,(H,10,11)/t;6-/m.0/s1. The SMILES string of the molecule is CC(=O)N1CC(=S)C[C@H]1C(=O)O.NC(Cc1cccc(NC(=O)Cc2c(Cl)cccc2Cl)c1)C(=O)O. The molecule has 1 aliphatic heterocycles. The number of amides is 2. The molecule has 9 nitrogen and oxygen atoms in total. The molecule has 2 aromatic carbocycles. The van der Waals surface area contributed by atoms with E-state index in [9.17, 15) is 19.2 Å². The Morgan fingerprint density at radius 1 is 1.14 bits per heavy atom. The number of nitrogens with zero attached hydrogens (tertiary/aromatic N) is 1. The predicted molar refractivity (Wildman–Crippen MR) is 141 cm³/mol. The van der Waals surface area contributed by atoms with Crippen LogP contribution in [0.2, 0.25) is 10.0 Å².